The van der Waals surface area contributed by atoms with Gasteiger partial charge >= 0.3 is 12.1 Å². The second-order valence-electron chi connectivity index (χ2n) is 5.59. The standard InChI is InChI=1S/C16H18F3N3O3/c1-9-13(16(17,18)19)21(3)22(4)14(9)20-15(24)11-7-5-6-8-12(11)25-10(2)23/h5-8,14H,1-4H3,(H,20,24). The van der Waals surface area contributed by atoms with E-state index in [1.807, 2.05) is 0 Å². The maximum Gasteiger partial charge on any atom is 0.432 e. The highest BCUT2D eigenvalue weighted by Crippen LogP contribution is 2.37. The number of esters is 1. The van der Waals surface area contributed by atoms with E-state index in [2.05, 4.69) is 5.32 Å². The Morgan fingerprint density at radius 3 is 2.32 bits per heavy atom. The summed E-state index contributed by atoms with van der Waals surface area (Å²) in [6.07, 6.45) is -5.51. The van der Waals surface area contributed by atoms with Gasteiger partial charge in [0.1, 0.15) is 17.6 Å². The molecule has 1 atom stereocenters. The molecule has 0 saturated heterocycles. The summed E-state index contributed by atoms with van der Waals surface area (Å²) in [5.41, 5.74) is -0.800. The lowest BCUT2D eigenvalue weighted by molar-refractivity contribution is -0.132. The number of hydrazine groups is 1. The molecule has 1 aliphatic heterocycles. The molecular formula is C16H18F3N3O3. The van der Waals surface area contributed by atoms with Crippen molar-refractivity contribution in [2.24, 2.45) is 0 Å². The van der Waals surface area contributed by atoms with Gasteiger partial charge in [0.25, 0.3) is 5.91 Å². The number of nitrogens with zero attached hydrogens (tertiary/aromatic N) is 2. The summed E-state index contributed by atoms with van der Waals surface area (Å²) in [7, 11) is 2.70. The summed E-state index contributed by atoms with van der Waals surface area (Å²) in [6.45, 7) is 2.50. The zero-order valence-corrected chi connectivity index (χ0v) is 14.1. The molecule has 2 rings (SSSR count). The van der Waals surface area contributed by atoms with Crippen LogP contribution in [0.15, 0.2) is 35.5 Å². The number of allylic oxidation sites excluding steroid dienone is 1. The number of carbonyl (C=O) groups excluding carboxylic acids is 2. The van der Waals surface area contributed by atoms with Crippen molar-refractivity contribution in [2.75, 3.05) is 14.1 Å². The fraction of sp³-hybridized carbons (Fsp3) is 0.375. The van der Waals surface area contributed by atoms with E-state index in [0.29, 0.717) is 0 Å². The minimum absolute atomic E-state index is 0.0317. The Balaban J connectivity index is 2.30. The lowest BCUT2D eigenvalue weighted by Gasteiger charge is -2.29. The van der Waals surface area contributed by atoms with Crippen LogP contribution in [0.1, 0.15) is 24.2 Å². The molecule has 0 saturated carbocycles. The Labute approximate surface area is 142 Å². The van der Waals surface area contributed by atoms with E-state index >= 15 is 0 Å². The van der Waals surface area contributed by atoms with Crippen LogP contribution in [0.25, 0.3) is 0 Å². The van der Waals surface area contributed by atoms with Crippen LogP contribution < -0.4 is 10.1 Å². The molecule has 1 amide bonds. The van der Waals surface area contributed by atoms with Crippen LogP contribution in [0.5, 0.6) is 5.75 Å². The third kappa shape index (κ3) is 3.76. The summed E-state index contributed by atoms with van der Waals surface area (Å²) in [4.78, 5) is 23.6. The molecule has 1 aliphatic rings. The van der Waals surface area contributed by atoms with Gasteiger partial charge in [0.15, 0.2) is 0 Å². The summed E-state index contributed by atoms with van der Waals surface area (Å²) in [5, 5.41) is 4.75. The average molecular weight is 357 g/mol. The molecule has 0 aromatic heterocycles. The van der Waals surface area contributed by atoms with E-state index in [9.17, 15) is 22.8 Å². The van der Waals surface area contributed by atoms with Crippen LogP contribution >= 0.6 is 0 Å². The molecule has 1 unspecified atom stereocenters. The number of hydrogen-bond donors (Lipinski definition) is 1. The zero-order chi connectivity index (χ0) is 18.9. The van der Waals surface area contributed by atoms with E-state index < -0.39 is 29.9 Å². The number of halogens is 3. The molecule has 0 bridgehead atoms. The molecule has 0 radical (unpaired) electrons. The van der Waals surface area contributed by atoms with Crippen LogP contribution in [-0.4, -0.2) is 48.3 Å². The average Bonchev–Trinajstić information content (AvgIpc) is 2.70. The number of rotatable bonds is 3. The molecule has 0 aliphatic carbocycles. The van der Waals surface area contributed by atoms with Crippen molar-refractivity contribution in [3.05, 3.63) is 41.1 Å². The van der Waals surface area contributed by atoms with Crippen LogP contribution in [0, 0.1) is 0 Å². The predicted molar refractivity (Wildman–Crippen MR) is 83.3 cm³/mol. The van der Waals surface area contributed by atoms with Crippen molar-refractivity contribution in [3.8, 4) is 5.75 Å². The molecule has 0 fully saturated rings. The Morgan fingerprint density at radius 1 is 1.20 bits per heavy atom. The van der Waals surface area contributed by atoms with E-state index in [0.717, 1.165) is 5.01 Å². The summed E-state index contributed by atoms with van der Waals surface area (Å²) >= 11 is 0. The number of amides is 1. The first-order valence-electron chi connectivity index (χ1n) is 7.36. The first kappa shape index (κ1) is 18.8. The van der Waals surface area contributed by atoms with Gasteiger partial charge in [0.05, 0.1) is 5.56 Å². The highest BCUT2D eigenvalue weighted by atomic mass is 19.4. The van der Waals surface area contributed by atoms with Gasteiger partial charge < -0.3 is 15.1 Å². The molecule has 1 heterocycles. The van der Waals surface area contributed by atoms with Gasteiger partial charge in [-0.3, -0.25) is 9.59 Å². The Hall–Kier alpha value is -2.55. The van der Waals surface area contributed by atoms with E-state index in [1.54, 1.807) is 12.1 Å². The van der Waals surface area contributed by atoms with Gasteiger partial charge in [-0.15, -0.1) is 0 Å². The summed E-state index contributed by atoms with van der Waals surface area (Å²) in [6, 6.07) is 6.01. The van der Waals surface area contributed by atoms with Crippen molar-refractivity contribution in [3.63, 3.8) is 0 Å². The lowest BCUT2D eigenvalue weighted by Crippen LogP contribution is -2.48. The molecule has 1 aromatic carbocycles. The van der Waals surface area contributed by atoms with E-state index in [4.69, 9.17) is 4.74 Å². The largest absolute Gasteiger partial charge is 0.432 e. The second kappa shape index (κ2) is 6.75. The molecule has 0 spiro atoms. The van der Waals surface area contributed by atoms with Crippen LogP contribution in [0.2, 0.25) is 0 Å². The molecule has 6 nitrogen and oxygen atoms in total. The van der Waals surface area contributed by atoms with Crippen LogP contribution in [-0.2, 0) is 4.79 Å². The predicted octanol–water partition coefficient (Wildman–Crippen LogP) is 2.30. The lowest BCUT2D eigenvalue weighted by atomic mass is 10.1. The minimum atomic E-state index is -4.54. The maximum absolute atomic E-state index is 13.2. The first-order valence-corrected chi connectivity index (χ1v) is 7.36. The van der Waals surface area contributed by atoms with Crippen LogP contribution in [0.3, 0.4) is 0 Å². The SMILES string of the molecule is CC(=O)Oc1ccccc1C(=O)NC1C(C)=C(C(F)(F)F)N(C)N1C. The number of likely N-dealkylation sites (N-methyl/N-ethyl adjacent to an activating group) is 1. The van der Waals surface area contributed by atoms with Crippen molar-refractivity contribution in [2.45, 2.75) is 26.2 Å². The van der Waals surface area contributed by atoms with Gasteiger partial charge in [0.2, 0.25) is 0 Å². The number of para-hydroxylation sites is 1. The molecule has 9 heteroatoms. The molecule has 25 heavy (non-hydrogen) atoms. The number of hydrogen-bond acceptors (Lipinski definition) is 5. The zero-order valence-electron chi connectivity index (χ0n) is 14.1. The first-order chi connectivity index (χ1) is 11.5. The van der Waals surface area contributed by atoms with E-state index in [-0.39, 0.29) is 16.9 Å². The van der Waals surface area contributed by atoms with Gasteiger partial charge in [-0.25, -0.2) is 0 Å². The third-order valence-corrected chi connectivity index (χ3v) is 3.88. The number of nitrogens with one attached hydrogen (secondary N) is 1. The summed E-state index contributed by atoms with van der Waals surface area (Å²) < 4.78 is 44.5. The highest BCUT2D eigenvalue weighted by Gasteiger charge is 2.46. The fourth-order valence-electron chi connectivity index (χ4n) is 2.70. The second-order valence-corrected chi connectivity index (χ2v) is 5.59. The number of alkyl halides is 3. The normalized spacial score (nSPS) is 18.5. The topological polar surface area (TPSA) is 61.9 Å². The molecule has 1 N–H and O–H groups in total. The number of benzene rings is 1. The quantitative estimate of drug-likeness (QED) is 0.664. The molecule has 136 valence electrons. The van der Waals surface area contributed by atoms with Gasteiger partial charge in [0, 0.05) is 21.0 Å². The number of ether oxygens (including phenoxy) is 1. The van der Waals surface area contributed by atoms with Gasteiger partial charge in [-0.05, 0) is 24.6 Å². The van der Waals surface area contributed by atoms with Crippen molar-refractivity contribution in [1.82, 2.24) is 15.3 Å². The summed E-state index contributed by atoms with van der Waals surface area (Å²) in [5.74, 6) is -1.21. The van der Waals surface area contributed by atoms with Crippen molar-refractivity contribution >= 4 is 11.9 Å². The van der Waals surface area contributed by atoms with Gasteiger partial charge in [-0.2, -0.15) is 18.2 Å². The fourth-order valence-corrected chi connectivity index (χ4v) is 2.70. The molecular weight excluding hydrogens is 339 g/mol. The molecule has 1 aromatic rings. The third-order valence-electron chi connectivity index (χ3n) is 3.88. The van der Waals surface area contributed by atoms with Crippen molar-refractivity contribution in [1.29, 1.82) is 0 Å². The Bertz CT molecular complexity index is 731. The Morgan fingerprint density at radius 2 is 1.80 bits per heavy atom. The van der Waals surface area contributed by atoms with Crippen molar-refractivity contribution < 1.29 is 27.5 Å². The van der Waals surface area contributed by atoms with E-state index in [1.165, 1.54) is 45.1 Å². The van der Waals surface area contributed by atoms with Gasteiger partial charge in [-0.1, -0.05) is 12.1 Å². The maximum atomic E-state index is 13.2. The monoisotopic (exact) mass is 357 g/mol. The Kier molecular flexibility index (Phi) is 5.07. The smallest absolute Gasteiger partial charge is 0.426 e. The van der Waals surface area contributed by atoms with Crippen LogP contribution in [0.4, 0.5) is 13.2 Å². The minimum Gasteiger partial charge on any atom is -0.426 e. The number of carbonyl (C=O) groups is 2. The highest BCUT2D eigenvalue weighted by molar-refractivity contribution is 5.97.